The molecule has 1 aromatic heterocycles. The van der Waals surface area contributed by atoms with Crippen LogP contribution in [0.5, 0.6) is 0 Å². The lowest BCUT2D eigenvalue weighted by Crippen LogP contribution is -2.32. The Balaban J connectivity index is 2.31. The van der Waals surface area contributed by atoms with E-state index in [4.69, 9.17) is 0 Å². The molecule has 0 amide bonds. The van der Waals surface area contributed by atoms with Crippen LogP contribution in [0.4, 0.5) is 5.82 Å². The number of rotatable bonds is 6. The van der Waals surface area contributed by atoms with Crippen molar-refractivity contribution < 1.29 is 0 Å². The highest BCUT2D eigenvalue weighted by molar-refractivity contribution is 8.00. The standard InChI is InChI=1S/C17H21N3S/c1-4-17(5-2,21-3)12-19-16-14(11-18)10-13-8-6-7-9-15(13)20-16/h6-10H,4-5,12H2,1-3H3,(H,19,20). The van der Waals surface area contributed by atoms with Gasteiger partial charge in [-0.1, -0.05) is 32.0 Å². The zero-order valence-corrected chi connectivity index (χ0v) is 13.6. The number of aromatic nitrogens is 1. The third kappa shape index (κ3) is 3.30. The van der Waals surface area contributed by atoms with E-state index in [2.05, 4.69) is 36.5 Å². The maximum atomic E-state index is 9.34. The van der Waals surface area contributed by atoms with Crippen LogP contribution in [0, 0.1) is 11.3 Å². The average Bonchev–Trinajstić information content (AvgIpc) is 2.55. The molecule has 2 rings (SSSR count). The minimum Gasteiger partial charge on any atom is -0.368 e. The van der Waals surface area contributed by atoms with Crippen LogP contribution >= 0.6 is 11.8 Å². The Kier molecular flexibility index (Phi) is 5.08. The Hall–Kier alpha value is -1.73. The second-order valence-electron chi connectivity index (χ2n) is 5.14. The lowest BCUT2D eigenvalue weighted by molar-refractivity contribution is 0.574. The summed E-state index contributed by atoms with van der Waals surface area (Å²) in [6.07, 6.45) is 4.33. The topological polar surface area (TPSA) is 48.7 Å². The highest BCUT2D eigenvalue weighted by atomic mass is 32.2. The maximum absolute atomic E-state index is 9.34. The van der Waals surface area contributed by atoms with Gasteiger partial charge in [0.1, 0.15) is 11.9 Å². The van der Waals surface area contributed by atoms with Gasteiger partial charge in [0, 0.05) is 16.7 Å². The van der Waals surface area contributed by atoms with Crippen molar-refractivity contribution >= 4 is 28.5 Å². The zero-order chi connectivity index (χ0) is 15.3. The zero-order valence-electron chi connectivity index (χ0n) is 12.8. The van der Waals surface area contributed by atoms with Crippen molar-refractivity contribution in [3.63, 3.8) is 0 Å². The Bertz CT molecular complexity index is 648. The highest BCUT2D eigenvalue weighted by Crippen LogP contribution is 2.31. The molecule has 3 nitrogen and oxygen atoms in total. The molecule has 0 atom stereocenters. The number of hydrogen-bond acceptors (Lipinski definition) is 4. The van der Waals surface area contributed by atoms with Crippen LogP contribution in [0.1, 0.15) is 32.3 Å². The normalized spacial score (nSPS) is 11.3. The first-order valence-electron chi connectivity index (χ1n) is 7.27. The van der Waals surface area contributed by atoms with Gasteiger partial charge >= 0.3 is 0 Å². The Morgan fingerprint density at radius 2 is 2.00 bits per heavy atom. The second kappa shape index (κ2) is 6.82. The molecule has 0 aliphatic rings. The van der Waals surface area contributed by atoms with Crippen molar-refractivity contribution in [3.05, 3.63) is 35.9 Å². The van der Waals surface area contributed by atoms with Crippen molar-refractivity contribution in [1.82, 2.24) is 4.98 Å². The van der Waals surface area contributed by atoms with Crippen molar-refractivity contribution in [2.75, 3.05) is 18.1 Å². The Labute approximate surface area is 130 Å². The van der Waals surface area contributed by atoms with Gasteiger partial charge < -0.3 is 5.32 Å². The van der Waals surface area contributed by atoms with Gasteiger partial charge in [0.2, 0.25) is 0 Å². The van der Waals surface area contributed by atoms with E-state index < -0.39 is 0 Å². The van der Waals surface area contributed by atoms with Crippen molar-refractivity contribution in [2.45, 2.75) is 31.4 Å². The van der Waals surface area contributed by atoms with Crippen LogP contribution in [0.2, 0.25) is 0 Å². The third-order valence-electron chi connectivity index (χ3n) is 4.14. The summed E-state index contributed by atoms with van der Waals surface area (Å²) < 4.78 is 0.194. The molecule has 0 unspecified atom stereocenters. The van der Waals surface area contributed by atoms with Gasteiger partial charge in [-0.25, -0.2) is 4.98 Å². The molecule has 2 aromatic rings. The number of para-hydroxylation sites is 1. The minimum absolute atomic E-state index is 0.194. The van der Waals surface area contributed by atoms with Gasteiger partial charge in [-0.05, 0) is 31.2 Å². The van der Waals surface area contributed by atoms with Crippen LogP contribution in [0.15, 0.2) is 30.3 Å². The van der Waals surface area contributed by atoms with Crippen molar-refractivity contribution in [1.29, 1.82) is 5.26 Å². The summed E-state index contributed by atoms with van der Waals surface area (Å²) in [5.41, 5.74) is 1.53. The summed E-state index contributed by atoms with van der Waals surface area (Å²) in [4.78, 5) is 4.61. The molecule has 0 bridgehead atoms. The molecule has 0 saturated carbocycles. The molecule has 1 heterocycles. The molecular weight excluding hydrogens is 278 g/mol. The minimum atomic E-state index is 0.194. The molecule has 0 saturated heterocycles. The molecule has 4 heteroatoms. The summed E-state index contributed by atoms with van der Waals surface area (Å²) in [6.45, 7) is 5.24. The maximum Gasteiger partial charge on any atom is 0.144 e. The fourth-order valence-electron chi connectivity index (χ4n) is 2.44. The smallest absolute Gasteiger partial charge is 0.144 e. The Morgan fingerprint density at radius 3 is 2.62 bits per heavy atom. The lowest BCUT2D eigenvalue weighted by Gasteiger charge is -2.30. The summed E-state index contributed by atoms with van der Waals surface area (Å²) in [6, 6.07) is 12.0. The largest absolute Gasteiger partial charge is 0.368 e. The van der Waals surface area contributed by atoms with Gasteiger partial charge in [-0.15, -0.1) is 0 Å². The van der Waals surface area contributed by atoms with Crippen LogP contribution in [0.3, 0.4) is 0 Å². The molecule has 1 N–H and O–H groups in total. The summed E-state index contributed by atoms with van der Waals surface area (Å²) >= 11 is 1.88. The number of anilines is 1. The van der Waals surface area contributed by atoms with E-state index >= 15 is 0 Å². The highest BCUT2D eigenvalue weighted by Gasteiger charge is 2.25. The predicted molar refractivity (Wildman–Crippen MR) is 91.8 cm³/mol. The molecule has 21 heavy (non-hydrogen) atoms. The average molecular weight is 299 g/mol. The number of nitrogens with one attached hydrogen (secondary N) is 1. The van der Waals surface area contributed by atoms with E-state index in [1.54, 1.807) is 0 Å². The number of nitriles is 1. The lowest BCUT2D eigenvalue weighted by atomic mass is 10.0. The first-order valence-corrected chi connectivity index (χ1v) is 8.49. The van der Waals surface area contributed by atoms with Crippen LogP contribution in [-0.2, 0) is 0 Å². The quantitative estimate of drug-likeness (QED) is 0.856. The number of benzene rings is 1. The first-order chi connectivity index (χ1) is 10.2. The summed E-state index contributed by atoms with van der Waals surface area (Å²) in [7, 11) is 0. The van der Waals surface area contributed by atoms with Crippen LogP contribution in [-0.4, -0.2) is 22.5 Å². The van der Waals surface area contributed by atoms with Crippen molar-refractivity contribution in [3.8, 4) is 6.07 Å². The van der Waals surface area contributed by atoms with Gasteiger partial charge in [0.25, 0.3) is 0 Å². The molecule has 0 spiro atoms. The first kappa shape index (κ1) is 15.7. The van der Waals surface area contributed by atoms with E-state index in [-0.39, 0.29) is 4.75 Å². The number of fused-ring (bicyclic) bond motifs is 1. The fourth-order valence-corrected chi connectivity index (χ4v) is 3.24. The number of thioether (sulfide) groups is 1. The van der Waals surface area contributed by atoms with Crippen molar-refractivity contribution in [2.24, 2.45) is 0 Å². The van der Waals surface area contributed by atoms with Crippen LogP contribution in [0.25, 0.3) is 10.9 Å². The summed E-state index contributed by atoms with van der Waals surface area (Å²) in [5, 5.41) is 13.7. The number of pyridine rings is 1. The summed E-state index contributed by atoms with van der Waals surface area (Å²) in [5.74, 6) is 0.691. The SMILES string of the molecule is CCC(CC)(CNc1nc2ccccc2cc1C#N)SC. The Morgan fingerprint density at radius 1 is 1.29 bits per heavy atom. The van der Waals surface area contributed by atoms with E-state index in [0.29, 0.717) is 11.4 Å². The second-order valence-corrected chi connectivity index (χ2v) is 6.41. The monoisotopic (exact) mass is 299 g/mol. The molecule has 0 aliphatic heterocycles. The molecule has 0 aliphatic carbocycles. The van der Waals surface area contributed by atoms with Gasteiger partial charge in [-0.2, -0.15) is 17.0 Å². The van der Waals surface area contributed by atoms with Gasteiger partial charge in [-0.3, -0.25) is 0 Å². The van der Waals surface area contributed by atoms with Gasteiger partial charge in [0.15, 0.2) is 0 Å². The van der Waals surface area contributed by atoms with E-state index in [1.807, 2.05) is 42.1 Å². The number of nitrogens with zero attached hydrogens (tertiary/aromatic N) is 2. The van der Waals surface area contributed by atoms with E-state index in [1.165, 1.54) is 0 Å². The molecule has 0 radical (unpaired) electrons. The molecule has 1 aromatic carbocycles. The number of hydrogen-bond donors (Lipinski definition) is 1. The molecule has 110 valence electrons. The van der Waals surface area contributed by atoms with E-state index in [0.717, 1.165) is 30.3 Å². The van der Waals surface area contributed by atoms with Gasteiger partial charge in [0.05, 0.1) is 11.1 Å². The van der Waals surface area contributed by atoms with Crippen LogP contribution < -0.4 is 5.32 Å². The fraction of sp³-hybridized carbons (Fsp3) is 0.412. The van der Waals surface area contributed by atoms with E-state index in [9.17, 15) is 5.26 Å². The third-order valence-corrected chi connectivity index (χ3v) is 5.73. The molecular formula is C17H21N3S. The predicted octanol–water partition coefficient (Wildman–Crippen LogP) is 4.44. The molecule has 0 fully saturated rings.